The minimum absolute atomic E-state index is 0.346. The number of aldehydes is 1. The van der Waals surface area contributed by atoms with Crippen molar-refractivity contribution in [1.29, 1.82) is 0 Å². The maximum Gasteiger partial charge on any atom is 0.328 e. The van der Waals surface area contributed by atoms with Crippen molar-refractivity contribution in [2.45, 2.75) is 12.5 Å². The van der Waals surface area contributed by atoms with Gasteiger partial charge in [-0.25, -0.2) is 4.79 Å². The molecule has 136 valence electrons. The van der Waals surface area contributed by atoms with Gasteiger partial charge in [0.2, 0.25) is 0 Å². The summed E-state index contributed by atoms with van der Waals surface area (Å²) in [7, 11) is 1.29. The van der Waals surface area contributed by atoms with Crippen molar-refractivity contribution < 1.29 is 19.1 Å². The highest BCUT2D eigenvalue weighted by Gasteiger charge is 2.24. The van der Waals surface area contributed by atoms with Gasteiger partial charge in [-0.3, -0.25) is 9.59 Å². The average Bonchev–Trinajstić information content (AvgIpc) is 2.70. The summed E-state index contributed by atoms with van der Waals surface area (Å²) in [5.74, 6) is -0.191. The Kier molecular flexibility index (Phi) is 7.41. The SMILES string of the molecule is COC(=O)[C@H](CCSC)NC(=O)c1cccc(C=O)c1-c1ccccc1. The summed E-state index contributed by atoms with van der Waals surface area (Å²) in [6.45, 7) is 0. The van der Waals surface area contributed by atoms with Crippen LogP contribution in [0.2, 0.25) is 0 Å². The second kappa shape index (κ2) is 9.77. The molecule has 0 fully saturated rings. The molecule has 0 aromatic heterocycles. The first-order chi connectivity index (χ1) is 12.6. The van der Waals surface area contributed by atoms with Crippen molar-refractivity contribution in [2.24, 2.45) is 0 Å². The number of esters is 1. The molecule has 1 amide bonds. The van der Waals surface area contributed by atoms with Gasteiger partial charge in [-0.15, -0.1) is 0 Å². The van der Waals surface area contributed by atoms with E-state index in [9.17, 15) is 14.4 Å². The van der Waals surface area contributed by atoms with Crippen LogP contribution in [0.5, 0.6) is 0 Å². The van der Waals surface area contributed by atoms with E-state index in [4.69, 9.17) is 4.74 Å². The smallest absolute Gasteiger partial charge is 0.328 e. The molecular weight excluding hydrogens is 350 g/mol. The molecule has 0 saturated heterocycles. The molecule has 1 atom stereocenters. The van der Waals surface area contributed by atoms with E-state index in [1.807, 2.05) is 36.6 Å². The fourth-order valence-electron chi connectivity index (χ4n) is 2.65. The van der Waals surface area contributed by atoms with E-state index in [1.54, 1.807) is 30.0 Å². The van der Waals surface area contributed by atoms with Gasteiger partial charge < -0.3 is 10.1 Å². The first-order valence-electron chi connectivity index (χ1n) is 8.13. The monoisotopic (exact) mass is 371 g/mol. The highest BCUT2D eigenvalue weighted by Crippen LogP contribution is 2.27. The van der Waals surface area contributed by atoms with Crippen LogP contribution >= 0.6 is 11.8 Å². The third-order valence-electron chi connectivity index (χ3n) is 3.93. The Morgan fingerprint density at radius 3 is 2.50 bits per heavy atom. The van der Waals surface area contributed by atoms with Crippen LogP contribution in [0.3, 0.4) is 0 Å². The van der Waals surface area contributed by atoms with Crippen LogP contribution < -0.4 is 5.32 Å². The predicted molar refractivity (Wildman–Crippen MR) is 104 cm³/mol. The van der Waals surface area contributed by atoms with Crippen LogP contribution in [0, 0.1) is 0 Å². The largest absolute Gasteiger partial charge is 0.467 e. The topological polar surface area (TPSA) is 72.5 Å². The molecule has 2 aromatic rings. The minimum Gasteiger partial charge on any atom is -0.467 e. The summed E-state index contributed by atoms with van der Waals surface area (Å²) in [5, 5.41) is 2.74. The lowest BCUT2D eigenvalue weighted by atomic mass is 9.94. The minimum atomic E-state index is -0.733. The van der Waals surface area contributed by atoms with E-state index in [0.717, 1.165) is 11.8 Å². The van der Waals surface area contributed by atoms with Gasteiger partial charge in [-0.2, -0.15) is 11.8 Å². The van der Waals surface area contributed by atoms with Crippen molar-refractivity contribution >= 4 is 29.9 Å². The number of amides is 1. The summed E-state index contributed by atoms with van der Waals surface area (Å²) in [6, 6.07) is 13.5. The number of methoxy groups -OCH3 is 1. The Morgan fingerprint density at radius 2 is 1.88 bits per heavy atom. The summed E-state index contributed by atoms with van der Waals surface area (Å²) >= 11 is 1.58. The van der Waals surface area contributed by atoms with Crippen LogP contribution in [0.1, 0.15) is 27.1 Å². The zero-order valence-electron chi connectivity index (χ0n) is 14.7. The van der Waals surface area contributed by atoms with E-state index in [0.29, 0.717) is 28.9 Å². The molecule has 2 aromatic carbocycles. The highest BCUT2D eigenvalue weighted by atomic mass is 32.2. The predicted octanol–water partition coefficient (Wildman–Crippen LogP) is 3.19. The van der Waals surface area contributed by atoms with Crippen LogP contribution in [0.15, 0.2) is 48.5 Å². The molecule has 2 rings (SSSR count). The molecular formula is C20H21NO4S. The van der Waals surface area contributed by atoms with E-state index in [1.165, 1.54) is 7.11 Å². The molecule has 0 aliphatic rings. The standard InChI is InChI=1S/C20H21NO4S/c1-25-20(24)17(11-12-26-2)21-19(23)16-10-6-9-15(13-22)18(16)14-7-4-3-5-8-14/h3-10,13,17H,11-12H2,1-2H3,(H,21,23)/t17-/m0/s1. The maximum absolute atomic E-state index is 12.9. The van der Waals surface area contributed by atoms with Crippen LogP contribution in [-0.4, -0.2) is 43.3 Å². The number of ether oxygens (including phenoxy) is 1. The van der Waals surface area contributed by atoms with Gasteiger partial charge >= 0.3 is 5.97 Å². The van der Waals surface area contributed by atoms with Crippen molar-refractivity contribution in [1.82, 2.24) is 5.32 Å². The Balaban J connectivity index is 2.39. The lowest BCUT2D eigenvalue weighted by Crippen LogP contribution is -2.42. The highest BCUT2D eigenvalue weighted by molar-refractivity contribution is 7.98. The molecule has 6 heteroatoms. The fraction of sp³-hybridized carbons (Fsp3) is 0.250. The van der Waals surface area contributed by atoms with Crippen molar-refractivity contribution in [3.63, 3.8) is 0 Å². The van der Waals surface area contributed by atoms with Gasteiger partial charge in [0.15, 0.2) is 6.29 Å². The number of benzene rings is 2. The molecule has 0 aliphatic heterocycles. The zero-order valence-corrected chi connectivity index (χ0v) is 15.5. The molecule has 0 radical (unpaired) electrons. The number of hydrogen-bond donors (Lipinski definition) is 1. The molecule has 5 nitrogen and oxygen atoms in total. The summed E-state index contributed by atoms with van der Waals surface area (Å²) in [6.07, 6.45) is 3.12. The average molecular weight is 371 g/mol. The second-order valence-electron chi connectivity index (χ2n) is 5.58. The molecule has 0 saturated carbocycles. The summed E-state index contributed by atoms with van der Waals surface area (Å²) < 4.78 is 4.79. The van der Waals surface area contributed by atoms with Crippen LogP contribution in [0.4, 0.5) is 0 Å². The van der Waals surface area contributed by atoms with E-state index >= 15 is 0 Å². The van der Waals surface area contributed by atoms with Gasteiger partial charge in [-0.05, 0) is 30.1 Å². The number of rotatable bonds is 8. The third-order valence-corrected chi connectivity index (χ3v) is 4.58. The molecule has 1 N–H and O–H groups in total. The van der Waals surface area contributed by atoms with Crippen molar-refractivity contribution in [3.05, 3.63) is 59.7 Å². The van der Waals surface area contributed by atoms with Gasteiger partial charge in [0, 0.05) is 16.7 Å². The third kappa shape index (κ3) is 4.73. The Labute approximate surface area is 157 Å². The first-order valence-corrected chi connectivity index (χ1v) is 9.53. The molecule has 26 heavy (non-hydrogen) atoms. The van der Waals surface area contributed by atoms with Gasteiger partial charge in [0.25, 0.3) is 5.91 Å². The van der Waals surface area contributed by atoms with E-state index in [-0.39, 0.29) is 0 Å². The van der Waals surface area contributed by atoms with Crippen LogP contribution in [0.25, 0.3) is 11.1 Å². The number of carbonyl (C=O) groups excluding carboxylic acids is 3. The molecule has 0 bridgehead atoms. The van der Waals surface area contributed by atoms with E-state index in [2.05, 4.69) is 5.32 Å². The van der Waals surface area contributed by atoms with Crippen LogP contribution in [-0.2, 0) is 9.53 Å². The maximum atomic E-state index is 12.9. The van der Waals surface area contributed by atoms with Crippen molar-refractivity contribution in [2.75, 3.05) is 19.1 Å². The van der Waals surface area contributed by atoms with Crippen molar-refractivity contribution in [3.8, 4) is 11.1 Å². The Bertz CT molecular complexity index is 777. The fourth-order valence-corrected chi connectivity index (χ4v) is 3.12. The second-order valence-corrected chi connectivity index (χ2v) is 6.57. The lowest BCUT2D eigenvalue weighted by Gasteiger charge is -2.18. The summed E-state index contributed by atoms with van der Waals surface area (Å²) in [5.41, 5.74) is 2.08. The molecule has 0 heterocycles. The number of hydrogen-bond acceptors (Lipinski definition) is 5. The first kappa shape index (κ1) is 19.7. The molecule has 0 spiro atoms. The number of carbonyl (C=O) groups is 3. The molecule has 0 aliphatic carbocycles. The number of nitrogens with one attached hydrogen (secondary N) is 1. The lowest BCUT2D eigenvalue weighted by molar-refractivity contribution is -0.142. The normalized spacial score (nSPS) is 11.5. The zero-order chi connectivity index (χ0) is 18.9. The van der Waals surface area contributed by atoms with Gasteiger partial charge in [0.05, 0.1) is 7.11 Å². The van der Waals surface area contributed by atoms with Gasteiger partial charge in [-0.1, -0.05) is 42.5 Å². The van der Waals surface area contributed by atoms with E-state index < -0.39 is 17.9 Å². The Morgan fingerprint density at radius 1 is 1.15 bits per heavy atom. The quantitative estimate of drug-likeness (QED) is 0.570. The number of thioether (sulfide) groups is 1. The van der Waals surface area contributed by atoms with Gasteiger partial charge in [0.1, 0.15) is 6.04 Å². The summed E-state index contributed by atoms with van der Waals surface area (Å²) in [4.78, 5) is 36.3. The Hall–Kier alpha value is -2.60. The molecule has 0 unspecified atom stereocenters.